The van der Waals surface area contributed by atoms with Crippen LogP contribution in [0.4, 0.5) is 0 Å². The summed E-state index contributed by atoms with van der Waals surface area (Å²) in [6.45, 7) is 7.75. The summed E-state index contributed by atoms with van der Waals surface area (Å²) in [4.78, 5) is 27.5. The van der Waals surface area contributed by atoms with E-state index in [2.05, 4.69) is 18.7 Å². The minimum absolute atomic E-state index is 0.0213. The van der Waals surface area contributed by atoms with Crippen molar-refractivity contribution in [2.45, 2.75) is 26.3 Å². The number of carbonyl (C=O) groups is 2. The Morgan fingerprint density at radius 1 is 1.23 bits per heavy atom. The standard InChI is InChI=1S/C17H24N2O3/c1-14(2)18-8-5-9-19(11-10-18)17(21)13-22-16-7-4-3-6-15(16)12-20/h3-4,6-7,12,14H,5,8-11,13H2,1-2H3. The molecule has 1 aromatic rings. The minimum atomic E-state index is -0.0219. The molecule has 0 N–H and O–H groups in total. The lowest BCUT2D eigenvalue weighted by Gasteiger charge is -2.25. The van der Waals surface area contributed by atoms with Gasteiger partial charge in [0.1, 0.15) is 5.75 Å². The summed E-state index contributed by atoms with van der Waals surface area (Å²) in [7, 11) is 0. The van der Waals surface area contributed by atoms with Crippen LogP contribution in [-0.4, -0.2) is 60.8 Å². The number of aldehydes is 1. The molecule has 1 amide bonds. The molecule has 0 radical (unpaired) electrons. The molecular formula is C17H24N2O3. The number of amides is 1. The van der Waals surface area contributed by atoms with Gasteiger partial charge in [-0.15, -0.1) is 0 Å². The van der Waals surface area contributed by atoms with Gasteiger partial charge in [-0.2, -0.15) is 0 Å². The van der Waals surface area contributed by atoms with Crippen molar-refractivity contribution in [2.24, 2.45) is 0 Å². The minimum Gasteiger partial charge on any atom is -0.483 e. The molecule has 1 fully saturated rings. The first-order chi connectivity index (χ1) is 10.6. The number of para-hydroxylation sites is 1. The van der Waals surface area contributed by atoms with E-state index in [0.29, 0.717) is 17.4 Å². The molecule has 0 aliphatic carbocycles. The monoisotopic (exact) mass is 304 g/mol. The van der Waals surface area contributed by atoms with Crippen molar-refractivity contribution in [3.05, 3.63) is 29.8 Å². The topological polar surface area (TPSA) is 49.9 Å². The highest BCUT2D eigenvalue weighted by Gasteiger charge is 2.20. The van der Waals surface area contributed by atoms with E-state index in [-0.39, 0.29) is 12.5 Å². The lowest BCUT2D eigenvalue weighted by atomic mass is 10.2. The second kappa shape index (κ2) is 7.94. The van der Waals surface area contributed by atoms with Gasteiger partial charge in [0.2, 0.25) is 0 Å². The number of nitrogens with zero attached hydrogens (tertiary/aromatic N) is 2. The summed E-state index contributed by atoms with van der Waals surface area (Å²) in [5.41, 5.74) is 0.470. The molecule has 5 heteroatoms. The van der Waals surface area contributed by atoms with Crippen LogP contribution in [0.3, 0.4) is 0 Å². The fraction of sp³-hybridized carbons (Fsp3) is 0.529. The summed E-state index contributed by atoms with van der Waals surface area (Å²) < 4.78 is 5.52. The zero-order chi connectivity index (χ0) is 15.9. The van der Waals surface area contributed by atoms with Crippen molar-refractivity contribution < 1.29 is 14.3 Å². The van der Waals surface area contributed by atoms with Crippen LogP contribution in [0.1, 0.15) is 30.6 Å². The fourth-order valence-corrected chi connectivity index (χ4v) is 2.64. The Bertz CT molecular complexity index is 516. The van der Waals surface area contributed by atoms with Gasteiger partial charge in [0, 0.05) is 32.2 Å². The van der Waals surface area contributed by atoms with Gasteiger partial charge in [0.05, 0.1) is 5.56 Å². The zero-order valence-electron chi connectivity index (χ0n) is 13.3. The second-order valence-electron chi connectivity index (χ2n) is 5.81. The van der Waals surface area contributed by atoms with Gasteiger partial charge >= 0.3 is 0 Å². The SMILES string of the molecule is CC(C)N1CCCN(C(=O)COc2ccccc2C=O)CC1. The number of benzene rings is 1. The van der Waals surface area contributed by atoms with E-state index in [4.69, 9.17) is 4.74 Å². The van der Waals surface area contributed by atoms with E-state index in [9.17, 15) is 9.59 Å². The summed E-state index contributed by atoms with van der Waals surface area (Å²) in [6.07, 6.45) is 1.72. The van der Waals surface area contributed by atoms with Gasteiger partial charge < -0.3 is 9.64 Å². The van der Waals surface area contributed by atoms with Crippen LogP contribution >= 0.6 is 0 Å². The molecule has 1 aromatic carbocycles. The first-order valence-electron chi connectivity index (χ1n) is 7.80. The normalized spacial score (nSPS) is 16.4. The van der Waals surface area contributed by atoms with Gasteiger partial charge in [0.15, 0.2) is 12.9 Å². The lowest BCUT2D eigenvalue weighted by Crippen LogP contribution is -2.39. The highest BCUT2D eigenvalue weighted by molar-refractivity contribution is 5.80. The largest absolute Gasteiger partial charge is 0.483 e. The number of carbonyl (C=O) groups excluding carboxylic acids is 2. The average molecular weight is 304 g/mol. The number of hydrogen-bond acceptors (Lipinski definition) is 4. The van der Waals surface area contributed by atoms with E-state index >= 15 is 0 Å². The molecule has 1 aliphatic rings. The third-order valence-corrected chi connectivity index (χ3v) is 4.01. The molecule has 1 saturated heterocycles. The van der Waals surface area contributed by atoms with Crippen molar-refractivity contribution in [1.29, 1.82) is 0 Å². The third-order valence-electron chi connectivity index (χ3n) is 4.01. The van der Waals surface area contributed by atoms with Crippen LogP contribution in [0.15, 0.2) is 24.3 Å². The lowest BCUT2D eigenvalue weighted by molar-refractivity contribution is -0.133. The Kier molecular flexibility index (Phi) is 5.95. The van der Waals surface area contributed by atoms with Crippen LogP contribution in [0.5, 0.6) is 5.75 Å². The highest BCUT2D eigenvalue weighted by atomic mass is 16.5. The maximum absolute atomic E-state index is 12.3. The van der Waals surface area contributed by atoms with Crippen LogP contribution in [0, 0.1) is 0 Å². The molecule has 0 spiro atoms. The smallest absolute Gasteiger partial charge is 0.260 e. The Balaban J connectivity index is 1.88. The predicted molar refractivity (Wildman–Crippen MR) is 85.2 cm³/mol. The summed E-state index contributed by atoms with van der Waals surface area (Å²) in [6, 6.07) is 7.46. The van der Waals surface area contributed by atoms with Gasteiger partial charge in [-0.05, 0) is 32.4 Å². The molecule has 120 valence electrons. The molecular weight excluding hydrogens is 280 g/mol. The molecule has 0 unspecified atom stereocenters. The maximum Gasteiger partial charge on any atom is 0.260 e. The van der Waals surface area contributed by atoms with Crippen molar-refractivity contribution in [3.8, 4) is 5.75 Å². The molecule has 0 aromatic heterocycles. The first kappa shape index (κ1) is 16.5. The fourth-order valence-electron chi connectivity index (χ4n) is 2.64. The van der Waals surface area contributed by atoms with Gasteiger partial charge in [-0.1, -0.05) is 12.1 Å². The molecule has 0 atom stereocenters. The summed E-state index contributed by atoms with van der Waals surface area (Å²) >= 11 is 0. The predicted octanol–water partition coefficient (Wildman–Crippen LogP) is 1.82. The van der Waals surface area contributed by atoms with Crippen molar-refractivity contribution >= 4 is 12.2 Å². The number of rotatable bonds is 5. The average Bonchev–Trinajstić information content (AvgIpc) is 2.79. The van der Waals surface area contributed by atoms with E-state index in [1.54, 1.807) is 24.3 Å². The quantitative estimate of drug-likeness (QED) is 0.779. The number of ether oxygens (including phenoxy) is 1. The van der Waals surface area contributed by atoms with E-state index in [1.807, 2.05) is 4.90 Å². The Labute approximate surface area is 131 Å². The molecule has 2 rings (SSSR count). The molecule has 1 aliphatic heterocycles. The van der Waals surface area contributed by atoms with Crippen LogP contribution in [-0.2, 0) is 4.79 Å². The molecule has 1 heterocycles. The highest BCUT2D eigenvalue weighted by Crippen LogP contribution is 2.16. The number of hydrogen-bond donors (Lipinski definition) is 0. The van der Waals surface area contributed by atoms with E-state index < -0.39 is 0 Å². The Hall–Kier alpha value is -1.88. The van der Waals surface area contributed by atoms with E-state index in [1.165, 1.54) is 0 Å². The maximum atomic E-state index is 12.3. The van der Waals surface area contributed by atoms with Crippen LogP contribution in [0.2, 0.25) is 0 Å². The first-order valence-corrected chi connectivity index (χ1v) is 7.80. The molecule has 22 heavy (non-hydrogen) atoms. The Morgan fingerprint density at radius 3 is 2.73 bits per heavy atom. The van der Waals surface area contributed by atoms with Crippen molar-refractivity contribution in [2.75, 3.05) is 32.8 Å². The van der Waals surface area contributed by atoms with Crippen molar-refractivity contribution in [3.63, 3.8) is 0 Å². The van der Waals surface area contributed by atoms with Crippen LogP contribution < -0.4 is 4.74 Å². The molecule has 5 nitrogen and oxygen atoms in total. The van der Waals surface area contributed by atoms with Gasteiger partial charge in [-0.25, -0.2) is 0 Å². The van der Waals surface area contributed by atoms with Crippen molar-refractivity contribution in [1.82, 2.24) is 9.80 Å². The second-order valence-corrected chi connectivity index (χ2v) is 5.81. The van der Waals surface area contributed by atoms with E-state index in [0.717, 1.165) is 38.9 Å². The van der Waals surface area contributed by atoms with Crippen LogP contribution in [0.25, 0.3) is 0 Å². The Morgan fingerprint density at radius 2 is 2.00 bits per heavy atom. The summed E-state index contributed by atoms with van der Waals surface area (Å²) in [5, 5.41) is 0. The van der Waals surface area contributed by atoms with Gasteiger partial charge in [-0.3, -0.25) is 14.5 Å². The summed E-state index contributed by atoms with van der Waals surface area (Å²) in [5.74, 6) is 0.441. The zero-order valence-corrected chi connectivity index (χ0v) is 13.3. The third kappa shape index (κ3) is 4.31. The van der Waals surface area contributed by atoms with Gasteiger partial charge in [0.25, 0.3) is 5.91 Å². The molecule has 0 saturated carbocycles. The molecule has 0 bridgehead atoms.